The van der Waals surface area contributed by atoms with Gasteiger partial charge in [-0.15, -0.1) is 4.91 Å². The smallest absolute Gasteiger partial charge is 0.245 e. The van der Waals surface area contributed by atoms with Crippen LogP contribution in [0.15, 0.2) is 17.6 Å². The molecule has 0 aromatic rings. The molecule has 0 spiro atoms. The highest BCUT2D eigenvalue weighted by atomic mass is 16.3. The molecule has 0 aromatic carbocycles. The van der Waals surface area contributed by atoms with Crippen molar-refractivity contribution >= 4 is 12.3 Å². The Bertz CT molecular complexity index is 181. The average molecular weight is 157 g/mol. The highest BCUT2D eigenvalue weighted by Gasteiger charge is 1.93. The zero-order valence-electron chi connectivity index (χ0n) is 5.85. The standard InChI is InChI=1S/C5H7N3O3/c1-6-5(10)2-3-8(4-9)7-11/h2-4H,1H3,(H,6,10)/b3-2-. The molecule has 6 nitrogen and oxygen atoms in total. The summed E-state index contributed by atoms with van der Waals surface area (Å²) in [5, 5.41) is 4.96. The molecule has 0 heterocycles. The average Bonchev–Trinajstić information content (AvgIpc) is 2.06. The summed E-state index contributed by atoms with van der Waals surface area (Å²) in [7, 11) is 1.42. The molecule has 2 amide bonds. The van der Waals surface area contributed by atoms with Gasteiger partial charge in [-0.25, -0.2) is 0 Å². The molecule has 0 saturated carbocycles. The molecule has 1 N–H and O–H groups in total. The minimum absolute atomic E-state index is 0.187. The highest BCUT2D eigenvalue weighted by molar-refractivity contribution is 5.87. The molecular weight excluding hydrogens is 150 g/mol. The predicted molar refractivity (Wildman–Crippen MR) is 36.9 cm³/mol. The van der Waals surface area contributed by atoms with E-state index in [1.807, 2.05) is 0 Å². The summed E-state index contributed by atoms with van der Waals surface area (Å²) in [6.07, 6.45) is 2.15. The SMILES string of the molecule is CNC(=O)/C=C\N(C=O)N=O. The van der Waals surface area contributed by atoms with E-state index in [0.29, 0.717) is 5.01 Å². The summed E-state index contributed by atoms with van der Waals surface area (Å²) in [4.78, 5) is 30.0. The van der Waals surface area contributed by atoms with Crippen molar-refractivity contribution in [2.24, 2.45) is 5.29 Å². The molecule has 0 radical (unpaired) electrons. The van der Waals surface area contributed by atoms with Crippen molar-refractivity contribution in [1.29, 1.82) is 0 Å². The quantitative estimate of drug-likeness (QED) is 0.256. The second-order valence-corrected chi connectivity index (χ2v) is 1.50. The number of nitrogens with one attached hydrogen (secondary N) is 1. The summed E-state index contributed by atoms with van der Waals surface area (Å²) in [6.45, 7) is 0. The number of carbonyl (C=O) groups excluding carboxylic acids is 2. The van der Waals surface area contributed by atoms with Crippen LogP contribution < -0.4 is 5.32 Å². The minimum Gasteiger partial charge on any atom is -0.356 e. The van der Waals surface area contributed by atoms with E-state index in [1.165, 1.54) is 7.05 Å². The fraction of sp³-hybridized carbons (Fsp3) is 0.200. The van der Waals surface area contributed by atoms with E-state index in [1.54, 1.807) is 0 Å². The number of amides is 2. The van der Waals surface area contributed by atoms with Crippen LogP contribution in [0.2, 0.25) is 0 Å². The summed E-state index contributed by atoms with van der Waals surface area (Å²) < 4.78 is 0. The van der Waals surface area contributed by atoms with Crippen LogP contribution in [-0.4, -0.2) is 24.4 Å². The molecule has 0 bridgehead atoms. The van der Waals surface area contributed by atoms with Crippen LogP contribution in [0.25, 0.3) is 0 Å². The first-order chi connectivity index (χ1) is 5.24. The van der Waals surface area contributed by atoms with Gasteiger partial charge in [0.1, 0.15) is 0 Å². The molecule has 0 rings (SSSR count). The first kappa shape index (κ1) is 9.28. The third-order valence-corrected chi connectivity index (χ3v) is 0.827. The van der Waals surface area contributed by atoms with Crippen LogP contribution >= 0.6 is 0 Å². The van der Waals surface area contributed by atoms with E-state index in [9.17, 15) is 14.5 Å². The fourth-order valence-electron chi connectivity index (χ4n) is 0.309. The van der Waals surface area contributed by atoms with Gasteiger partial charge in [-0.2, -0.15) is 5.01 Å². The van der Waals surface area contributed by atoms with Gasteiger partial charge in [0.25, 0.3) is 0 Å². The second kappa shape index (κ2) is 5.10. The molecule has 60 valence electrons. The maximum Gasteiger partial charge on any atom is 0.245 e. The molecule has 0 aliphatic carbocycles. The molecule has 0 unspecified atom stereocenters. The van der Waals surface area contributed by atoms with Crippen LogP contribution in [0.3, 0.4) is 0 Å². The van der Waals surface area contributed by atoms with Gasteiger partial charge in [-0.05, 0) is 0 Å². The Hall–Kier alpha value is -1.72. The van der Waals surface area contributed by atoms with Crippen LogP contribution in [0.5, 0.6) is 0 Å². The first-order valence-corrected chi connectivity index (χ1v) is 2.71. The van der Waals surface area contributed by atoms with E-state index >= 15 is 0 Å². The molecule has 11 heavy (non-hydrogen) atoms. The van der Waals surface area contributed by atoms with E-state index in [2.05, 4.69) is 10.6 Å². The van der Waals surface area contributed by atoms with E-state index in [4.69, 9.17) is 0 Å². The zero-order chi connectivity index (χ0) is 8.69. The van der Waals surface area contributed by atoms with Crippen molar-refractivity contribution in [3.63, 3.8) is 0 Å². The number of nitroso groups, excluding NO2 is 1. The van der Waals surface area contributed by atoms with Crippen LogP contribution in [0.4, 0.5) is 0 Å². The van der Waals surface area contributed by atoms with Gasteiger partial charge in [0.05, 0.1) is 5.29 Å². The third kappa shape index (κ3) is 3.79. The number of rotatable bonds is 4. The molecule has 0 atom stereocenters. The number of nitrogens with zero attached hydrogens (tertiary/aromatic N) is 2. The van der Waals surface area contributed by atoms with E-state index in [0.717, 1.165) is 12.3 Å². The number of hydrogen-bond acceptors (Lipinski definition) is 4. The van der Waals surface area contributed by atoms with Crippen molar-refractivity contribution in [1.82, 2.24) is 10.3 Å². The number of likely N-dealkylation sites (N-methyl/N-ethyl adjacent to an activating group) is 1. The van der Waals surface area contributed by atoms with Crippen molar-refractivity contribution < 1.29 is 9.59 Å². The lowest BCUT2D eigenvalue weighted by atomic mass is 10.5. The minimum atomic E-state index is -0.416. The number of hydrogen-bond donors (Lipinski definition) is 1. The van der Waals surface area contributed by atoms with Gasteiger partial charge in [-0.1, -0.05) is 0 Å². The Balaban J connectivity index is 3.98. The maximum absolute atomic E-state index is 10.5. The lowest BCUT2D eigenvalue weighted by molar-refractivity contribution is -0.116. The highest BCUT2D eigenvalue weighted by Crippen LogP contribution is 1.83. The Kier molecular flexibility index (Phi) is 4.30. The molecular formula is C5H7N3O3. The summed E-state index contributed by atoms with van der Waals surface area (Å²) in [6, 6.07) is 0. The molecule has 0 saturated heterocycles. The Labute approximate surface area is 62.8 Å². The summed E-state index contributed by atoms with van der Waals surface area (Å²) in [5.74, 6) is -0.416. The molecule has 0 aliphatic rings. The largest absolute Gasteiger partial charge is 0.356 e. The number of carbonyl (C=O) groups is 2. The van der Waals surface area contributed by atoms with Crippen LogP contribution in [-0.2, 0) is 9.59 Å². The fourth-order valence-corrected chi connectivity index (χ4v) is 0.309. The first-order valence-electron chi connectivity index (χ1n) is 2.71. The Morgan fingerprint density at radius 2 is 2.27 bits per heavy atom. The van der Waals surface area contributed by atoms with Gasteiger partial charge in [0.15, 0.2) is 0 Å². The molecule has 0 aromatic heterocycles. The Morgan fingerprint density at radius 3 is 2.64 bits per heavy atom. The summed E-state index contributed by atoms with van der Waals surface area (Å²) >= 11 is 0. The van der Waals surface area contributed by atoms with Gasteiger partial charge in [-0.3, -0.25) is 9.59 Å². The van der Waals surface area contributed by atoms with Crippen molar-refractivity contribution in [3.05, 3.63) is 17.2 Å². The molecule has 0 fully saturated rings. The van der Waals surface area contributed by atoms with Crippen molar-refractivity contribution in [2.45, 2.75) is 0 Å². The monoisotopic (exact) mass is 157 g/mol. The molecule has 6 heteroatoms. The normalized spacial score (nSPS) is 9.18. The van der Waals surface area contributed by atoms with Gasteiger partial charge in [0, 0.05) is 19.3 Å². The zero-order valence-corrected chi connectivity index (χ0v) is 5.85. The van der Waals surface area contributed by atoms with E-state index < -0.39 is 5.91 Å². The lowest BCUT2D eigenvalue weighted by Crippen LogP contribution is -2.15. The van der Waals surface area contributed by atoms with Gasteiger partial charge in [0.2, 0.25) is 12.3 Å². The second-order valence-electron chi connectivity index (χ2n) is 1.50. The van der Waals surface area contributed by atoms with E-state index in [-0.39, 0.29) is 6.41 Å². The molecule has 0 aliphatic heterocycles. The van der Waals surface area contributed by atoms with Crippen LogP contribution in [0, 0.1) is 4.91 Å². The maximum atomic E-state index is 10.5. The Morgan fingerprint density at radius 1 is 1.64 bits per heavy atom. The lowest BCUT2D eigenvalue weighted by Gasteiger charge is -1.95. The van der Waals surface area contributed by atoms with Gasteiger partial charge < -0.3 is 5.32 Å². The van der Waals surface area contributed by atoms with Gasteiger partial charge >= 0.3 is 0 Å². The predicted octanol–water partition coefficient (Wildman–Crippen LogP) is -0.614. The summed E-state index contributed by atoms with van der Waals surface area (Å²) in [5.41, 5.74) is 0. The van der Waals surface area contributed by atoms with Crippen LogP contribution in [0.1, 0.15) is 0 Å². The topological polar surface area (TPSA) is 78.8 Å². The van der Waals surface area contributed by atoms with Crippen molar-refractivity contribution in [3.8, 4) is 0 Å². The van der Waals surface area contributed by atoms with Crippen molar-refractivity contribution in [2.75, 3.05) is 7.05 Å². The third-order valence-electron chi connectivity index (χ3n) is 0.827.